The summed E-state index contributed by atoms with van der Waals surface area (Å²) in [6, 6.07) is 5.87. The minimum Gasteiger partial charge on any atom is -0.371 e. The van der Waals surface area contributed by atoms with Crippen LogP contribution in [0, 0.1) is 5.92 Å². The summed E-state index contributed by atoms with van der Waals surface area (Å²) < 4.78 is 1.04. The standard InChI is InChI=1S/C14H18BrNO/c1-2-7-16(9-11-3-4-11)14-8-13(15)6-5-12(14)10-17/h5-6,8,10-11H,2-4,7,9H2,1H3. The highest BCUT2D eigenvalue weighted by Crippen LogP contribution is 2.33. The number of aldehydes is 1. The summed E-state index contributed by atoms with van der Waals surface area (Å²) in [5.41, 5.74) is 1.87. The van der Waals surface area contributed by atoms with E-state index in [1.807, 2.05) is 12.1 Å². The average Bonchev–Trinajstić information content (AvgIpc) is 3.12. The molecule has 0 heterocycles. The molecule has 2 rings (SSSR count). The van der Waals surface area contributed by atoms with E-state index >= 15 is 0 Å². The van der Waals surface area contributed by atoms with E-state index in [1.165, 1.54) is 12.8 Å². The van der Waals surface area contributed by atoms with Crippen LogP contribution < -0.4 is 4.90 Å². The Labute approximate surface area is 111 Å². The predicted molar refractivity (Wildman–Crippen MR) is 74.8 cm³/mol. The summed E-state index contributed by atoms with van der Waals surface area (Å²) in [7, 11) is 0. The van der Waals surface area contributed by atoms with Crippen molar-refractivity contribution in [3.8, 4) is 0 Å². The lowest BCUT2D eigenvalue weighted by Crippen LogP contribution is -2.27. The molecule has 1 aromatic rings. The summed E-state index contributed by atoms with van der Waals surface area (Å²) in [4.78, 5) is 13.5. The molecule has 3 heteroatoms. The zero-order valence-corrected chi connectivity index (χ0v) is 11.7. The van der Waals surface area contributed by atoms with Crippen LogP contribution in [0.25, 0.3) is 0 Å². The first-order valence-electron chi connectivity index (χ1n) is 6.24. The number of benzene rings is 1. The molecule has 0 N–H and O–H groups in total. The zero-order chi connectivity index (χ0) is 12.3. The van der Waals surface area contributed by atoms with Crippen LogP contribution in [0.15, 0.2) is 22.7 Å². The van der Waals surface area contributed by atoms with E-state index in [0.29, 0.717) is 0 Å². The molecule has 17 heavy (non-hydrogen) atoms. The maximum Gasteiger partial charge on any atom is 0.152 e. The number of halogens is 1. The van der Waals surface area contributed by atoms with Crippen LogP contribution in [-0.2, 0) is 0 Å². The minimum absolute atomic E-state index is 0.794. The van der Waals surface area contributed by atoms with Gasteiger partial charge in [-0.05, 0) is 43.4 Å². The maximum atomic E-state index is 11.1. The number of carbonyl (C=O) groups excluding carboxylic acids is 1. The van der Waals surface area contributed by atoms with Crippen molar-refractivity contribution in [2.45, 2.75) is 26.2 Å². The molecule has 1 aliphatic carbocycles. The number of hydrogen-bond acceptors (Lipinski definition) is 2. The number of rotatable bonds is 6. The second-order valence-electron chi connectivity index (χ2n) is 4.71. The lowest BCUT2D eigenvalue weighted by molar-refractivity contribution is 0.112. The van der Waals surface area contributed by atoms with Gasteiger partial charge in [0, 0.05) is 28.8 Å². The molecule has 1 saturated carbocycles. The molecule has 92 valence electrons. The van der Waals surface area contributed by atoms with E-state index < -0.39 is 0 Å². The molecule has 1 aromatic carbocycles. The average molecular weight is 296 g/mol. The van der Waals surface area contributed by atoms with E-state index in [0.717, 1.165) is 47.4 Å². The van der Waals surface area contributed by atoms with Gasteiger partial charge in [0.05, 0.1) is 0 Å². The van der Waals surface area contributed by atoms with Crippen molar-refractivity contribution < 1.29 is 4.79 Å². The van der Waals surface area contributed by atoms with E-state index in [1.54, 1.807) is 0 Å². The second-order valence-corrected chi connectivity index (χ2v) is 5.63. The molecule has 0 amide bonds. The van der Waals surface area contributed by atoms with Gasteiger partial charge in [-0.25, -0.2) is 0 Å². The van der Waals surface area contributed by atoms with Gasteiger partial charge in [0.1, 0.15) is 0 Å². The molecular formula is C14H18BrNO. The highest BCUT2D eigenvalue weighted by atomic mass is 79.9. The molecule has 0 unspecified atom stereocenters. The number of hydrogen-bond donors (Lipinski definition) is 0. The molecule has 0 aliphatic heterocycles. The zero-order valence-electron chi connectivity index (χ0n) is 10.2. The van der Waals surface area contributed by atoms with Crippen LogP contribution >= 0.6 is 15.9 Å². The summed E-state index contributed by atoms with van der Waals surface area (Å²) >= 11 is 3.48. The quantitative estimate of drug-likeness (QED) is 0.742. The van der Waals surface area contributed by atoms with Gasteiger partial charge in [-0.15, -0.1) is 0 Å². The Balaban J connectivity index is 2.25. The van der Waals surface area contributed by atoms with Crippen molar-refractivity contribution in [3.05, 3.63) is 28.2 Å². The lowest BCUT2D eigenvalue weighted by atomic mass is 10.1. The molecule has 0 spiro atoms. The Bertz CT molecular complexity index is 401. The van der Waals surface area contributed by atoms with Crippen LogP contribution in [0.4, 0.5) is 5.69 Å². The summed E-state index contributed by atoms with van der Waals surface area (Å²) in [6.45, 7) is 4.29. The monoisotopic (exact) mass is 295 g/mol. The molecule has 0 bridgehead atoms. The smallest absolute Gasteiger partial charge is 0.152 e. The van der Waals surface area contributed by atoms with Crippen LogP contribution in [0.2, 0.25) is 0 Å². The van der Waals surface area contributed by atoms with Crippen LogP contribution in [0.1, 0.15) is 36.5 Å². The minimum atomic E-state index is 0.794. The highest BCUT2D eigenvalue weighted by molar-refractivity contribution is 9.10. The van der Waals surface area contributed by atoms with E-state index in [4.69, 9.17) is 0 Å². The molecule has 0 saturated heterocycles. The number of nitrogens with zero attached hydrogens (tertiary/aromatic N) is 1. The van der Waals surface area contributed by atoms with Gasteiger partial charge in [-0.3, -0.25) is 4.79 Å². The number of anilines is 1. The first-order chi connectivity index (χ1) is 8.24. The Hall–Kier alpha value is -0.830. The van der Waals surface area contributed by atoms with Crippen molar-refractivity contribution >= 4 is 27.9 Å². The van der Waals surface area contributed by atoms with E-state index in [2.05, 4.69) is 33.8 Å². The topological polar surface area (TPSA) is 20.3 Å². The summed E-state index contributed by atoms with van der Waals surface area (Å²) in [6.07, 6.45) is 4.74. The SMILES string of the molecule is CCCN(CC1CC1)c1cc(Br)ccc1C=O. The largest absolute Gasteiger partial charge is 0.371 e. The third-order valence-corrected chi connectivity index (χ3v) is 3.62. The highest BCUT2D eigenvalue weighted by Gasteiger charge is 2.25. The van der Waals surface area contributed by atoms with Gasteiger partial charge >= 0.3 is 0 Å². The fraction of sp³-hybridized carbons (Fsp3) is 0.500. The van der Waals surface area contributed by atoms with Crippen LogP contribution in [-0.4, -0.2) is 19.4 Å². The van der Waals surface area contributed by atoms with Gasteiger partial charge in [0.25, 0.3) is 0 Å². The van der Waals surface area contributed by atoms with E-state index in [9.17, 15) is 4.79 Å². The van der Waals surface area contributed by atoms with Crippen molar-refractivity contribution in [2.24, 2.45) is 5.92 Å². The molecular weight excluding hydrogens is 278 g/mol. The van der Waals surface area contributed by atoms with Gasteiger partial charge in [-0.2, -0.15) is 0 Å². The Morgan fingerprint density at radius 3 is 2.82 bits per heavy atom. The molecule has 1 fully saturated rings. The Morgan fingerprint density at radius 2 is 2.24 bits per heavy atom. The Morgan fingerprint density at radius 1 is 1.47 bits per heavy atom. The molecule has 0 atom stereocenters. The summed E-state index contributed by atoms with van der Waals surface area (Å²) in [5, 5.41) is 0. The molecule has 1 aliphatic rings. The third kappa shape index (κ3) is 3.32. The molecule has 0 aromatic heterocycles. The maximum absolute atomic E-state index is 11.1. The lowest BCUT2D eigenvalue weighted by Gasteiger charge is -2.26. The molecule has 0 radical (unpaired) electrons. The predicted octanol–water partition coefficient (Wildman–Crippen LogP) is 3.89. The Kier molecular flexibility index (Phi) is 4.21. The van der Waals surface area contributed by atoms with Crippen molar-refractivity contribution in [1.29, 1.82) is 0 Å². The normalized spacial score (nSPS) is 14.7. The van der Waals surface area contributed by atoms with Crippen LogP contribution in [0.5, 0.6) is 0 Å². The van der Waals surface area contributed by atoms with Gasteiger partial charge < -0.3 is 4.90 Å². The van der Waals surface area contributed by atoms with Crippen molar-refractivity contribution in [2.75, 3.05) is 18.0 Å². The first-order valence-corrected chi connectivity index (χ1v) is 7.03. The third-order valence-electron chi connectivity index (χ3n) is 3.13. The number of carbonyl (C=O) groups is 1. The fourth-order valence-electron chi connectivity index (χ4n) is 2.08. The van der Waals surface area contributed by atoms with Gasteiger partial charge in [-0.1, -0.05) is 22.9 Å². The first kappa shape index (κ1) is 12.6. The second kappa shape index (κ2) is 5.67. The fourth-order valence-corrected chi connectivity index (χ4v) is 2.43. The van der Waals surface area contributed by atoms with Gasteiger partial charge in [0.15, 0.2) is 6.29 Å². The van der Waals surface area contributed by atoms with Crippen LogP contribution in [0.3, 0.4) is 0 Å². The van der Waals surface area contributed by atoms with Gasteiger partial charge in [0.2, 0.25) is 0 Å². The van der Waals surface area contributed by atoms with E-state index in [-0.39, 0.29) is 0 Å². The van der Waals surface area contributed by atoms with Crippen molar-refractivity contribution in [3.63, 3.8) is 0 Å². The van der Waals surface area contributed by atoms with Crippen molar-refractivity contribution in [1.82, 2.24) is 0 Å². The molecule has 2 nitrogen and oxygen atoms in total. The summed E-state index contributed by atoms with van der Waals surface area (Å²) in [5.74, 6) is 0.833.